The summed E-state index contributed by atoms with van der Waals surface area (Å²) in [5.41, 5.74) is 9.25. The highest BCUT2D eigenvalue weighted by molar-refractivity contribution is 6.03. The van der Waals surface area contributed by atoms with Crippen LogP contribution in [0.25, 0.3) is 11.1 Å². The summed E-state index contributed by atoms with van der Waals surface area (Å²) < 4.78 is 0. The summed E-state index contributed by atoms with van der Waals surface area (Å²) in [4.78, 5) is 22.8. The molecule has 0 saturated heterocycles. The van der Waals surface area contributed by atoms with E-state index in [4.69, 9.17) is 10.8 Å². The molecule has 2 rings (SSSR count). The first kappa shape index (κ1) is 14.8. The largest absolute Gasteiger partial charge is 0.481 e. The van der Waals surface area contributed by atoms with Crippen molar-refractivity contribution in [3.05, 3.63) is 53.6 Å². The van der Waals surface area contributed by atoms with Gasteiger partial charge in [0, 0.05) is 17.7 Å². The van der Waals surface area contributed by atoms with E-state index >= 15 is 0 Å². The van der Waals surface area contributed by atoms with Crippen LogP contribution < -0.4 is 5.73 Å². The first-order chi connectivity index (χ1) is 10.0. The van der Waals surface area contributed by atoms with Gasteiger partial charge in [0.1, 0.15) is 0 Å². The molecule has 21 heavy (non-hydrogen) atoms. The lowest BCUT2D eigenvalue weighted by Gasteiger charge is -2.15. The average Bonchev–Trinajstić information content (AvgIpc) is 2.46. The Bertz CT molecular complexity index is 678. The van der Waals surface area contributed by atoms with Crippen LogP contribution in [0.15, 0.2) is 42.5 Å². The molecule has 0 bridgehead atoms. The van der Waals surface area contributed by atoms with E-state index < -0.39 is 5.97 Å². The molecule has 108 valence electrons. The number of nitrogens with two attached hydrogens (primary N) is 1. The highest BCUT2D eigenvalue weighted by Crippen LogP contribution is 2.31. The molecular formula is C17H17NO3. The van der Waals surface area contributed by atoms with Gasteiger partial charge in [0.15, 0.2) is 5.78 Å². The molecule has 0 spiro atoms. The van der Waals surface area contributed by atoms with Gasteiger partial charge in [0.05, 0.1) is 0 Å². The molecule has 0 amide bonds. The number of ketones is 1. The minimum Gasteiger partial charge on any atom is -0.481 e. The third kappa shape index (κ3) is 3.28. The molecule has 2 aromatic rings. The van der Waals surface area contributed by atoms with Gasteiger partial charge < -0.3 is 10.8 Å². The number of rotatable bonds is 5. The van der Waals surface area contributed by atoms with Crippen LogP contribution in [0.1, 0.15) is 29.3 Å². The zero-order chi connectivity index (χ0) is 15.4. The van der Waals surface area contributed by atoms with Crippen molar-refractivity contribution in [1.29, 1.82) is 0 Å². The van der Waals surface area contributed by atoms with E-state index in [1.54, 1.807) is 6.07 Å². The molecule has 0 aliphatic heterocycles. The lowest BCUT2D eigenvalue weighted by atomic mass is 9.90. The summed E-state index contributed by atoms with van der Waals surface area (Å²) in [5, 5.41) is 8.86. The second-order valence-electron chi connectivity index (χ2n) is 4.87. The molecule has 0 radical (unpaired) electrons. The third-order valence-electron chi connectivity index (χ3n) is 3.37. The highest BCUT2D eigenvalue weighted by Gasteiger charge is 2.17. The third-order valence-corrected chi connectivity index (χ3v) is 3.37. The fourth-order valence-electron chi connectivity index (χ4n) is 2.43. The molecule has 0 unspecified atom stereocenters. The lowest BCUT2D eigenvalue weighted by molar-refractivity contribution is -0.136. The van der Waals surface area contributed by atoms with Crippen LogP contribution >= 0.6 is 0 Å². The van der Waals surface area contributed by atoms with Gasteiger partial charge in [-0.15, -0.1) is 0 Å². The van der Waals surface area contributed by atoms with E-state index in [1.807, 2.05) is 36.4 Å². The summed E-state index contributed by atoms with van der Waals surface area (Å²) in [6, 6.07) is 13.1. The monoisotopic (exact) mass is 283 g/mol. The maximum absolute atomic E-state index is 12.1. The second-order valence-corrected chi connectivity index (χ2v) is 4.87. The quantitative estimate of drug-likeness (QED) is 0.652. The number of carbonyl (C=O) groups excluding carboxylic acids is 1. The molecule has 0 atom stereocenters. The first-order valence-corrected chi connectivity index (χ1v) is 6.70. The SMILES string of the molecule is CC(=O)c1c(-c2ccccc2)ccc(N)c1CCC(=O)O. The van der Waals surface area contributed by atoms with E-state index in [1.165, 1.54) is 6.92 Å². The maximum atomic E-state index is 12.1. The molecule has 3 N–H and O–H groups in total. The standard InChI is InChI=1S/C17H17NO3/c1-11(19)17-13(12-5-3-2-4-6-12)7-9-15(18)14(17)8-10-16(20)21/h2-7,9H,8,10,18H2,1H3,(H,20,21). The average molecular weight is 283 g/mol. The summed E-state index contributed by atoms with van der Waals surface area (Å²) in [7, 11) is 0. The van der Waals surface area contributed by atoms with Gasteiger partial charge in [-0.1, -0.05) is 36.4 Å². The molecule has 4 nitrogen and oxygen atoms in total. The molecule has 4 heteroatoms. The number of Topliss-reactive ketones (excluding diaryl/α,β-unsaturated/α-hetero) is 1. The molecular weight excluding hydrogens is 266 g/mol. The van der Waals surface area contributed by atoms with Crippen molar-refractivity contribution in [3.63, 3.8) is 0 Å². The van der Waals surface area contributed by atoms with Crippen LogP contribution in [-0.4, -0.2) is 16.9 Å². The van der Waals surface area contributed by atoms with Gasteiger partial charge >= 0.3 is 5.97 Å². The minimum atomic E-state index is -0.908. The van der Waals surface area contributed by atoms with Crippen molar-refractivity contribution in [3.8, 4) is 11.1 Å². The fourth-order valence-corrected chi connectivity index (χ4v) is 2.43. The van der Waals surface area contributed by atoms with Crippen LogP contribution in [0.5, 0.6) is 0 Å². The van der Waals surface area contributed by atoms with Gasteiger partial charge in [0.2, 0.25) is 0 Å². The number of anilines is 1. The summed E-state index contributed by atoms with van der Waals surface area (Å²) in [6.45, 7) is 1.48. The Labute approximate surface area is 123 Å². The zero-order valence-electron chi connectivity index (χ0n) is 11.8. The maximum Gasteiger partial charge on any atom is 0.303 e. The van der Waals surface area contributed by atoms with Gasteiger partial charge in [-0.2, -0.15) is 0 Å². The van der Waals surface area contributed by atoms with Crippen LogP contribution in [0.4, 0.5) is 5.69 Å². The summed E-state index contributed by atoms with van der Waals surface area (Å²) in [6.07, 6.45) is 0.194. The summed E-state index contributed by atoms with van der Waals surface area (Å²) in [5.74, 6) is -1.02. The first-order valence-electron chi connectivity index (χ1n) is 6.70. The number of hydrogen-bond acceptors (Lipinski definition) is 3. The number of hydrogen-bond donors (Lipinski definition) is 2. The van der Waals surface area contributed by atoms with Crippen molar-refractivity contribution in [2.75, 3.05) is 5.73 Å². The van der Waals surface area contributed by atoms with E-state index in [0.29, 0.717) is 16.8 Å². The van der Waals surface area contributed by atoms with Gasteiger partial charge in [-0.3, -0.25) is 9.59 Å². The number of carbonyl (C=O) groups is 2. The lowest BCUT2D eigenvalue weighted by Crippen LogP contribution is -2.09. The van der Waals surface area contributed by atoms with Crippen LogP contribution in [0, 0.1) is 0 Å². The normalized spacial score (nSPS) is 10.3. The molecule has 0 aliphatic rings. The van der Waals surface area contributed by atoms with Crippen molar-refractivity contribution >= 4 is 17.4 Å². The molecule has 0 aliphatic carbocycles. The number of carboxylic acid groups (broad SMARTS) is 1. The molecule has 0 saturated carbocycles. The topological polar surface area (TPSA) is 80.4 Å². The Balaban J connectivity index is 2.59. The Morgan fingerprint density at radius 1 is 1.10 bits per heavy atom. The van der Waals surface area contributed by atoms with Crippen molar-refractivity contribution in [2.24, 2.45) is 0 Å². The Morgan fingerprint density at radius 2 is 1.76 bits per heavy atom. The molecule has 0 aromatic heterocycles. The number of nitrogen functional groups attached to an aromatic ring is 1. The molecule has 0 heterocycles. The van der Waals surface area contributed by atoms with Crippen LogP contribution in [-0.2, 0) is 11.2 Å². The number of aliphatic carboxylic acids is 1. The zero-order valence-corrected chi connectivity index (χ0v) is 11.8. The van der Waals surface area contributed by atoms with E-state index in [9.17, 15) is 9.59 Å². The van der Waals surface area contributed by atoms with E-state index in [0.717, 1.165) is 11.1 Å². The molecule has 0 fully saturated rings. The van der Waals surface area contributed by atoms with E-state index in [2.05, 4.69) is 0 Å². The van der Waals surface area contributed by atoms with Gasteiger partial charge in [-0.05, 0) is 36.1 Å². The summed E-state index contributed by atoms with van der Waals surface area (Å²) >= 11 is 0. The minimum absolute atomic E-state index is 0.0529. The van der Waals surface area contributed by atoms with Crippen LogP contribution in [0.2, 0.25) is 0 Å². The van der Waals surface area contributed by atoms with E-state index in [-0.39, 0.29) is 18.6 Å². The smallest absolute Gasteiger partial charge is 0.303 e. The van der Waals surface area contributed by atoms with Crippen molar-refractivity contribution < 1.29 is 14.7 Å². The number of benzene rings is 2. The van der Waals surface area contributed by atoms with Crippen molar-refractivity contribution in [1.82, 2.24) is 0 Å². The molecule has 2 aromatic carbocycles. The number of carboxylic acids is 1. The van der Waals surface area contributed by atoms with Crippen LogP contribution in [0.3, 0.4) is 0 Å². The Hall–Kier alpha value is -2.62. The Kier molecular flexibility index (Phi) is 4.38. The fraction of sp³-hybridized carbons (Fsp3) is 0.176. The van der Waals surface area contributed by atoms with Gasteiger partial charge in [0.25, 0.3) is 0 Å². The Morgan fingerprint density at radius 3 is 2.33 bits per heavy atom. The van der Waals surface area contributed by atoms with Crippen molar-refractivity contribution in [2.45, 2.75) is 19.8 Å². The second kappa shape index (κ2) is 6.22. The van der Waals surface area contributed by atoms with Gasteiger partial charge in [-0.25, -0.2) is 0 Å². The predicted molar refractivity (Wildman–Crippen MR) is 82.3 cm³/mol. The highest BCUT2D eigenvalue weighted by atomic mass is 16.4. The predicted octanol–water partition coefficient (Wildman–Crippen LogP) is 3.16.